The van der Waals surface area contributed by atoms with E-state index in [4.69, 9.17) is 0 Å². The van der Waals surface area contributed by atoms with Gasteiger partial charge >= 0.3 is 11.2 Å². The Kier molecular flexibility index (Phi) is 2.01. The average molecular weight is 198 g/mol. The maximum absolute atomic E-state index is 11.8. The summed E-state index contributed by atoms with van der Waals surface area (Å²) in [7, 11) is 0. The average Bonchev–Trinajstić information content (AvgIpc) is 2.30. The summed E-state index contributed by atoms with van der Waals surface area (Å²) in [5.41, 5.74) is 0. The van der Waals surface area contributed by atoms with Crippen LogP contribution in [0.2, 0.25) is 0 Å². The van der Waals surface area contributed by atoms with Crippen LogP contribution in [0.4, 0.5) is 18.2 Å². The van der Waals surface area contributed by atoms with E-state index in [1.165, 1.54) is 0 Å². The van der Waals surface area contributed by atoms with Gasteiger partial charge in [0.1, 0.15) is 6.20 Å². The molecule has 4 nitrogen and oxygen atoms in total. The number of rotatable bonds is 1. The Balaban J connectivity index is 3.00. The third-order valence-corrected chi connectivity index (χ3v) is 1.91. The first-order valence-corrected chi connectivity index (χ1v) is 3.40. The molecule has 0 unspecified atom stereocenters. The van der Waals surface area contributed by atoms with Crippen molar-refractivity contribution in [3.63, 3.8) is 0 Å². The second-order valence-electron chi connectivity index (χ2n) is 1.76. The third kappa shape index (κ3) is 1.70. The number of halogens is 3. The fourth-order valence-electron chi connectivity index (χ4n) is 0.481. The maximum Gasteiger partial charge on any atom is 0.443 e. The van der Waals surface area contributed by atoms with E-state index in [-0.39, 0.29) is 11.3 Å². The number of aromatic nitrogens is 1. The molecule has 0 spiro atoms. The standard InChI is InChI=1S/C4HF3N2O2S/c5-4(6,7)3-8-1-2(12-3)9(10)11/h1H. The van der Waals surface area contributed by atoms with E-state index in [1.807, 2.05) is 0 Å². The first-order chi connectivity index (χ1) is 5.41. The lowest BCUT2D eigenvalue weighted by Crippen LogP contribution is -2.02. The zero-order valence-corrected chi connectivity index (χ0v) is 6.15. The van der Waals surface area contributed by atoms with Gasteiger partial charge in [-0.1, -0.05) is 0 Å². The number of hydrogen-bond donors (Lipinski definition) is 0. The summed E-state index contributed by atoms with van der Waals surface area (Å²) < 4.78 is 35.4. The minimum Gasteiger partial charge on any atom is -0.257 e. The van der Waals surface area contributed by atoms with Gasteiger partial charge in [-0.05, 0) is 11.3 Å². The Morgan fingerprint density at radius 2 is 2.17 bits per heavy atom. The fraction of sp³-hybridized carbons (Fsp3) is 0.250. The highest BCUT2D eigenvalue weighted by Gasteiger charge is 2.36. The summed E-state index contributed by atoms with van der Waals surface area (Å²) in [5, 5.41) is 8.14. The van der Waals surface area contributed by atoms with E-state index in [1.54, 1.807) is 0 Å². The molecule has 0 aliphatic carbocycles. The zero-order chi connectivity index (χ0) is 9.35. The van der Waals surface area contributed by atoms with Gasteiger partial charge in [-0.15, -0.1) is 0 Å². The van der Waals surface area contributed by atoms with Crippen molar-refractivity contribution in [1.82, 2.24) is 4.98 Å². The van der Waals surface area contributed by atoms with E-state index in [0.717, 1.165) is 0 Å². The van der Waals surface area contributed by atoms with Crippen LogP contribution in [-0.4, -0.2) is 9.91 Å². The van der Waals surface area contributed by atoms with Crippen LogP contribution in [0.15, 0.2) is 6.20 Å². The second kappa shape index (κ2) is 2.70. The molecule has 0 N–H and O–H groups in total. The molecule has 0 amide bonds. The summed E-state index contributed by atoms with van der Waals surface area (Å²) in [6.07, 6.45) is -4.01. The molecule has 0 fully saturated rings. The molecule has 0 saturated heterocycles. The number of alkyl halides is 3. The van der Waals surface area contributed by atoms with E-state index in [9.17, 15) is 23.3 Å². The highest BCUT2D eigenvalue weighted by atomic mass is 32.1. The molecule has 8 heteroatoms. The fourth-order valence-corrected chi connectivity index (χ4v) is 1.08. The van der Waals surface area contributed by atoms with E-state index in [0.29, 0.717) is 6.20 Å². The molecule has 66 valence electrons. The zero-order valence-electron chi connectivity index (χ0n) is 5.33. The van der Waals surface area contributed by atoms with Gasteiger partial charge in [-0.25, -0.2) is 4.98 Å². The Morgan fingerprint density at radius 1 is 1.58 bits per heavy atom. The van der Waals surface area contributed by atoms with Gasteiger partial charge in [0.25, 0.3) is 0 Å². The molecule has 0 radical (unpaired) electrons. The van der Waals surface area contributed by atoms with Crippen molar-refractivity contribution >= 4 is 16.3 Å². The summed E-state index contributed by atoms with van der Waals surface area (Å²) in [6, 6.07) is 0. The van der Waals surface area contributed by atoms with Crippen molar-refractivity contribution in [2.75, 3.05) is 0 Å². The minimum absolute atomic E-state index is 0.0127. The van der Waals surface area contributed by atoms with Crippen LogP contribution < -0.4 is 0 Å². The SMILES string of the molecule is O=[N+]([O-])c1cnc(C(F)(F)F)s1. The predicted octanol–water partition coefficient (Wildman–Crippen LogP) is 2.07. The molecule has 1 heterocycles. The molecule has 0 atom stereocenters. The number of nitro groups is 1. The summed E-state index contributed by atoms with van der Waals surface area (Å²) >= 11 is 0.0127. The Labute approximate surface area is 67.8 Å². The quantitative estimate of drug-likeness (QED) is 0.512. The van der Waals surface area contributed by atoms with Crippen molar-refractivity contribution in [2.24, 2.45) is 0 Å². The summed E-state index contributed by atoms with van der Waals surface area (Å²) in [6.45, 7) is 0. The minimum atomic E-state index is -4.60. The van der Waals surface area contributed by atoms with E-state index >= 15 is 0 Å². The lowest BCUT2D eigenvalue weighted by Gasteiger charge is -1.97. The first kappa shape index (κ1) is 8.91. The van der Waals surface area contributed by atoms with E-state index < -0.39 is 21.1 Å². The Morgan fingerprint density at radius 3 is 2.42 bits per heavy atom. The van der Waals surface area contributed by atoms with Crippen LogP contribution in [0.25, 0.3) is 0 Å². The number of nitrogens with zero attached hydrogens (tertiary/aromatic N) is 2. The van der Waals surface area contributed by atoms with Crippen LogP contribution in [0.1, 0.15) is 5.01 Å². The first-order valence-electron chi connectivity index (χ1n) is 2.58. The highest BCUT2D eigenvalue weighted by molar-refractivity contribution is 7.14. The maximum atomic E-state index is 11.8. The van der Waals surface area contributed by atoms with Gasteiger partial charge < -0.3 is 0 Å². The molecule has 0 bridgehead atoms. The molecular formula is C4HF3N2O2S. The predicted molar refractivity (Wildman–Crippen MR) is 33.8 cm³/mol. The number of hydrogen-bond acceptors (Lipinski definition) is 4. The van der Waals surface area contributed by atoms with Gasteiger partial charge in [-0.3, -0.25) is 10.1 Å². The van der Waals surface area contributed by atoms with Crippen molar-refractivity contribution in [1.29, 1.82) is 0 Å². The molecular weight excluding hydrogens is 197 g/mol. The molecule has 1 aromatic heterocycles. The number of thiazole rings is 1. The molecule has 0 aromatic carbocycles. The topological polar surface area (TPSA) is 56.0 Å². The van der Waals surface area contributed by atoms with Crippen LogP contribution in [0.3, 0.4) is 0 Å². The van der Waals surface area contributed by atoms with Gasteiger partial charge in [0, 0.05) is 0 Å². The molecule has 12 heavy (non-hydrogen) atoms. The van der Waals surface area contributed by atoms with Crippen molar-refractivity contribution < 1.29 is 18.1 Å². The molecule has 0 saturated carbocycles. The lowest BCUT2D eigenvalue weighted by atomic mass is 10.7. The van der Waals surface area contributed by atoms with Crippen LogP contribution in [-0.2, 0) is 6.18 Å². The van der Waals surface area contributed by atoms with Crippen molar-refractivity contribution in [3.8, 4) is 0 Å². The smallest absolute Gasteiger partial charge is 0.257 e. The Bertz CT molecular complexity index is 307. The summed E-state index contributed by atoms with van der Waals surface area (Å²) in [5.74, 6) is 0. The highest BCUT2D eigenvalue weighted by Crippen LogP contribution is 2.34. The van der Waals surface area contributed by atoms with Gasteiger partial charge in [0.2, 0.25) is 5.01 Å². The molecule has 1 aromatic rings. The monoisotopic (exact) mass is 198 g/mol. The van der Waals surface area contributed by atoms with Crippen molar-refractivity contribution in [2.45, 2.75) is 6.18 Å². The van der Waals surface area contributed by atoms with E-state index in [2.05, 4.69) is 4.98 Å². The van der Waals surface area contributed by atoms with Gasteiger partial charge in [0.05, 0.1) is 4.92 Å². The van der Waals surface area contributed by atoms with Crippen LogP contribution in [0, 0.1) is 10.1 Å². The largest absolute Gasteiger partial charge is 0.443 e. The van der Waals surface area contributed by atoms with Crippen molar-refractivity contribution in [3.05, 3.63) is 21.3 Å². The Hall–Kier alpha value is -1.18. The molecule has 1 rings (SSSR count). The summed E-state index contributed by atoms with van der Waals surface area (Å²) in [4.78, 5) is 11.9. The molecule has 0 aliphatic heterocycles. The second-order valence-corrected chi connectivity index (χ2v) is 2.77. The van der Waals surface area contributed by atoms with Gasteiger partial charge in [-0.2, -0.15) is 13.2 Å². The normalized spacial score (nSPS) is 11.6. The van der Waals surface area contributed by atoms with Crippen LogP contribution >= 0.6 is 11.3 Å². The lowest BCUT2D eigenvalue weighted by molar-refractivity contribution is -0.380. The third-order valence-electron chi connectivity index (χ3n) is 0.916. The molecule has 0 aliphatic rings. The van der Waals surface area contributed by atoms with Crippen LogP contribution in [0.5, 0.6) is 0 Å². The van der Waals surface area contributed by atoms with Gasteiger partial charge in [0.15, 0.2) is 0 Å².